The second-order valence-corrected chi connectivity index (χ2v) is 2.20. The maximum absolute atomic E-state index is 5.43. The number of anilines is 1. The lowest BCUT2D eigenvalue weighted by Crippen LogP contribution is -1.94. The predicted molar refractivity (Wildman–Crippen MR) is 46.2 cm³/mol. The largest absolute Gasteiger partial charge is 0.368 e. The van der Waals surface area contributed by atoms with Crippen molar-refractivity contribution in [1.29, 1.82) is 0 Å². The van der Waals surface area contributed by atoms with Crippen molar-refractivity contribution < 1.29 is 0 Å². The van der Waals surface area contributed by atoms with Gasteiger partial charge in [0.15, 0.2) is 0 Å². The summed E-state index contributed by atoms with van der Waals surface area (Å²) in [5, 5.41) is 0. The number of hydrogen-bond acceptors (Lipinski definition) is 3. The Labute approximate surface area is 69.9 Å². The van der Waals surface area contributed by atoms with Crippen molar-refractivity contribution in [1.82, 2.24) is 9.97 Å². The van der Waals surface area contributed by atoms with Crippen molar-refractivity contribution in [3.63, 3.8) is 0 Å². The fraction of sp³-hybridized carbons (Fsp3) is 0.143. The van der Waals surface area contributed by atoms with Crippen molar-refractivity contribution >= 4 is 23.6 Å². The van der Waals surface area contributed by atoms with E-state index >= 15 is 0 Å². The lowest BCUT2D eigenvalue weighted by Gasteiger charge is -1.92. The molecule has 0 unspecified atom stereocenters. The lowest BCUT2D eigenvalue weighted by atomic mass is 10.4. The Balaban J connectivity index is 2.79. The molecule has 0 amide bonds. The first-order valence-electron chi connectivity index (χ1n) is 3.14. The summed E-state index contributed by atoms with van der Waals surface area (Å²) >= 11 is 5.43. The van der Waals surface area contributed by atoms with Crippen molar-refractivity contribution in [2.45, 2.75) is 0 Å². The molecule has 0 aliphatic rings. The Kier molecular flexibility index (Phi) is 2.86. The van der Waals surface area contributed by atoms with Crippen molar-refractivity contribution in [2.24, 2.45) is 0 Å². The second-order valence-electron chi connectivity index (χ2n) is 1.90. The van der Waals surface area contributed by atoms with Gasteiger partial charge in [0.05, 0.1) is 5.69 Å². The van der Waals surface area contributed by atoms with Gasteiger partial charge in [0.1, 0.15) is 0 Å². The number of alkyl halides is 1. The van der Waals surface area contributed by atoms with Crippen LogP contribution in [0.4, 0.5) is 5.95 Å². The molecule has 2 N–H and O–H groups in total. The Hall–Kier alpha value is -1.09. The van der Waals surface area contributed by atoms with Gasteiger partial charge in [-0.05, 0) is 12.1 Å². The van der Waals surface area contributed by atoms with Gasteiger partial charge >= 0.3 is 0 Å². The van der Waals surface area contributed by atoms with E-state index in [4.69, 9.17) is 17.3 Å². The minimum absolute atomic E-state index is 0.279. The van der Waals surface area contributed by atoms with Crippen LogP contribution < -0.4 is 5.73 Å². The zero-order chi connectivity index (χ0) is 8.10. The molecule has 1 rings (SSSR count). The summed E-state index contributed by atoms with van der Waals surface area (Å²) in [6.07, 6.45) is 5.20. The molecule has 0 fully saturated rings. The third kappa shape index (κ3) is 2.55. The number of halogens is 1. The van der Waals surface area contributed by atoms with E-state index in [0.29, 0.717) is 5.88 Å². The fourth-order valence-electron chi connectivity index (χ4n) is 0.647. The molecule has 58 valence electrons. The van der Waals surface area contributed by atoms with Crippen molar-refractivity contribution in [3.05, 3.63) is 24.0 Å². The summed E-state index contributed by atoms with van der Waals surface area (Å²) in [5.74, 6) is 0.755. The van der Waals surface area contributed by atoms with Crippen molar-refractivity contribution in [3.8, 4) is 0 Å². The molecule has 0 atom stereocenters. The van der Waals surface area contributed by atoms with E-state index in [2.05, 4.69) is 9.97 Å². The normalized spacial score (nSPS) is 10.6. The topological polar surface area (TPSA) is 51.8 Å². The Bertz CT molecular complexity index is 260. The molecule has 1 heterocycles. The highest BCUT2D eigenvalue weighted by atomic mass is 35.5. The van der Waals surface area contributed by atoms with Gasteiger partial charge in [-0.3, -0.25) is 0 Å². The van der Waals surface area contributed by atoms with Crippen LogP contribution in [0.1, 0.15) is 5.69 Å². The van der Waals surface area contributed by atoms with Gasteiger partial charge in [0.25, 0.3) is 0 Å². The molecule has 0 bridgehead atoms. The van der Waals surface area contributed by atoms with E-state index in [1.165, 1.54) is 0 Å². The van der Waals surface area contributed by atoms with Crippen LogP contribution in [0, 0.1) is 0 Å². The monoisotopic (exact) mass is 169 g/mol. The van der Waals surface area contributed by atoms with Crippen LogP contribution in [0.3, 0.4) is 0 Å². The molecule has 0 saturated heterocycles. The van der Waals surface area contributed by atoms with E-state index in [9.17, 15) is 0 Å². The Morgan fingerprint density at radius 2 is 2.45 bits per heavy atom. The van der Waals surface area contributed by atoms with Crippen LogP contribution in [0.25, 0.3) is 6.08 Å². The first-order valence-corrected chi connectivity index (χ1v) is 3.67. The summed E-state index contributed by atoms with van der Waals surface area (Å²) in [5.41, 5.74) is 6.12. The van der Waals surface area contributed by atoms with Gasteiger partial charge in [0.2, 0.25) is 5.95 Å². The molecule has 11 heavy (non-hydrogen) atoms. The van der Waals surface area contributed by atoms with Crippen LogP contribution in [0.2, 0.25) is 0 Å². The van der Waals surface area contributed by atoms with E-state index in [1.54, 1.807) is 24.4 Å². The second kappa shape index (κ2) is 3.93. The van der Waals surface area contributed by atoms with Gasteiger partial charge in [-0.2, -0.15) is 0 Å². The molecule has 0 saturated carbocycles. The molecule has 0 aliphatic carbocycles. The molecule has 4 heteroatoms. The summed E-state index contributed by atoms with van der Waals surface area (Å²) in [6.45, 7) is 0. The van der Waals surface area contributed by atoms with Crippen LogP contribution in [-0.4, -0.2) is 15.8 Å². The molecular formula is C7H8ClN3. The first kappa shape index (κ1) is 8.01. The van der Waals surface area contributed by atoms with E-state index in [0.717, 1.165) is 5.69 Å². The number of aromatic nitrogens is 2. The predicted octanol–water partition coefficient (Wildman–Crippen LogP) is 1.31. The number of nitrogen functional groups attached to an aromatic ring is 1. The van der Waals surface area contributed by atoms with Gasteiger partial charge < -0.3 is 5.73 Å². The summed E-state index contributed by atoms with van der Waals surface area (Å²) in [7, 11) is 0. The SMILES string of the molecule is Nc1nccc(C=CCCl)n1. The van der Waals surface area contributed by atoms with Crippen LogP contribution in [0.15, 0.2) is 18.3 Å². The third-order valence-corrected chi connectivity index (χ3v) is 1.25. The average molecular weight is 170 g/mol. The molecular weight excluding hydrogens is 162 g/mol. The molecule has 0 aliphatic heterocycles. The van der Waals surface area contributed by atoms with Gasteiger partial charge in [-0.1, -0.05) is 6.08 Å². The molecule has 0 radical (unpaired) electrons. The lowest BCUT2D eigenvalue weighted by molar-refractivity contribution is 1.17. The van der Waals surface area contributed by atoms with Crippen LogP contribution in [0.5, 0.6) is 0 Å². The number of allylic oxidation sites excluding steroid dienone is 1. The molecule has 1 aromatic heterocycles. The minimum Gasteiger partial charge on any atom is -0.368 e. The average Bonchev–Trinajstić information content (AvgIpc) is 2.01. The van der Waals surface area contributed by atoms with Crippen LogP contribution >= 0.6 is 11.6 Å². The van der Waals surface area contributed by atoms with Crippen molar-refractivity contribution in [2.75, 3.05) is 11.6 Å². The zero-order valence-electron chi connectivity index (χ0n) is 5.87. The fourth-order valence-corrected chi connectivity index (χ4v) is 0.736. The first-order chi connectivity index (χ1) is 5.33. The van der Waals surface area contributed by atoms with Gasteiger partial charge in [-0.15, -0.1) is 11.6 Å². The Morgan fingerprint density at radius 3 is 3.09 bits per heavy atom. The van der Waals surface area contributed by atoms with E-state index in [-0.39, 0.29) is 5.95 Å². The summed E-state index contributed by atoms with van der Waals surface area (Å²) in [4.78, 5) is 7.68. The number of rotatable bonds is 2. The quantitative estimate of drug-likeness (QED) is 0.680. The summed E-state index contributed by atoms with van der Waals surface area (Å²) < 4.78 is 0. The maximum atomic E-state index is 5.43. The number of nitrogens with two attached hydrogens (primary N) is 1. The number of hydrogen-bond donors (Lipinski definition) is 1. The Morgan fingerprint density at radius 1 is 1.64 bits per heavy atom. The molecule has 1 aromatic rings. The third-order valence-electron chi connectivity index (χ3n) is 1.07. The van der Waals surface area contributed by atoms with Gasteiger partial charge in [-0.25, -0.2) is 9.97 Å². The smallest absolute Gasteiger partial charge is 0.220 e. The highest BCUT2D eigenvalue weighted by molar-refractivity contribution is 6.19. The molecule has 0 spiro atoms. The van der Waals surface area contributed by atoms with E-state index in [1.807, 2.05) is 0 Å². The highest BCUT2D eigenvalue weighted by Gasteiger charge is 1.88. The summed E-state index contributed by atoms with van der Waals surface area (Å²) in [6, 6.07) is 1.76. The van der Waals surface area contributed by atoms with E-state index < -0.39 is 0 Å². The van der Waals surface area contributed by atoms with Crippen LogP contribution in [-0.2, 0) is 0 Å². The number of nitrogens with zero attached hydrogens (tertiary/aromatic N) is 2. The molecule has 0 aromatic carbocycles. The van der Waals surface area contributed by atoms with Gasteiger partial charge in [0, 0.05) is 12.1 Å². The minimum atomic E-state index is 0.279. The molecule has 3 nitrogen and oxygen atoms in total. The standard InChI is InChI=1S/C7H8ClN3/c8-4-1-2-6-3-5-10-7(9)11-6/h1-3,5H,4H2,(H2,9,10,11). The highest BCUT2D eigenvalue weighted by Crippen LogP contribution is 1.98. The maximum Gasteiger partial charge on any atom is 0.220 e. The zero-order valence-corrected chi connectivity index (χ0v) is 6.62.